The van der Waals surface area contributed by atoms with Crippen LogP contribution in [0, 0.1) is 0 Å². The van der Waals surface area contributed by atoms with Crippen LogP contribution in [0.3, 0.4) is 0 Å². The second kappa shape index (κ2) is 9.46. The van der Waals surface area contributed by atoms with Gasteiger partial charge >= 0.3 is 0 Å². The van der Waals surface area contributed by atoms with Gasteiger partial charge in [-0.15, -0.1) is 0 Å². The maximum atomic E-state index is 12.7. The second-order valence-electron chi connectivity index (χ2n) is 7.22. The van der Waals surface area contributed by atoms with E-state index >= 15 is 0 Å². The Balaban J connectivity index is 1.31. The Morgan fingerprint density at radius 2 is 1.87 bits per heavy atom. The van der Waals surface area contributed by atoms with E-state index in [1.54, 1.807) is 29.0 Å². The Morgan fingerprint density at radius 3 is 2.68 bits per heavy atom. The highest BCUT2D eigenvalue weighted by molar-refractivity contribution is 5.91. The topological polar surface area (TPSA) is 102 Å². The Hall–Kier alpha value is -3.62. The number of para-hydroxylation sites is 1. The minimum atomic E-state index is -0.144. The van der Waals surface area contributed by atoms with E-state index < -0.39 is 0 Å². The smallest absolute Gasteiger partial charge is 0.289 e. The fraction of sp³-hybridized carbons (Fsp3) is 0.364. The highest BCUT2D eigenvalue weighted by Gasteiger charge is 2.24. The summed E-state index contributed by atoms with van der Waals surface area (Å²) >= 11 is 0. The number of hydrogen-bond donors (Lipinski definition) is 0. The number of aryl methyl sites for hydroxylation is 1. The predicted octanol–water partition coefficient (Wildman–Crippen LogP) is 2.65. The molecular formula is C22H24N4O5. The van der Waals surface area contributed by atoms with Gasteiger partial charge in [-0.2, -0.15) is 4.98 Å². The number of benzene rings is 1. The number of aromatic nitrogens is 2. The van der Waals surface area contributed by atoms with Crippen LogP contribution in [0.2, 0.25) is 0 Å². The number of nitrogens with zero attached hydrogens (tertiary/aromatic N) is 4. The molecule has 0 unspecified atom stereocenters. The molecule has 0 atom stereocenters. The third-order valence-electron chi connectivity index (χ3n) is 5.24. The van der Waals surface area contributed by atoms with E-state index in [-0.39, 0.29) is 18.2 Å². The number of rotatable bonds is 6. The summed E-state index contributed by atoms with van der Waals surface area (Å²) in [6.07, 6.45) is 2.82. The van der Waals surface area contributed by atoms with Crippen LogP contribution in [0.25, 0.3) is 11.4 Å². The van der Waals surface area contributed by atoms with Crippen LogP contribution < -0.4 is 4.74 Å². The second-order valence-corrected chi connectivity index (χ2v) is 7.22. The molecule has 9 nitrogen and oxygen atoms in total. The van der Waals surface area contributed by atoms with Gasteiger partial charge in [0, 0.05) is 39.0 Å². The van der Waals surface area contributed by atoms with Gasteiger partial charge in [-0.05, 0) is 30.7 Å². The van der Waals surface area contributed by atoms with Crippen LogP contribution in [0.1, 0.15) is 29.3 Å². The minimum Gasteiger partial charge on any atom is -0.496 e. The van der Waals surface area contributed by atoms with E-state index in [0.717, 1.165) is 12.0 Å². The van der Waals surface area contributed by atoms with Gasteiger partial charge in [0.25, 0.3) is 5.91 Å². The molecule has 162 valence electrons. The molecule has 1 aromatic carbocycles. The van der Waals surface area contributed by atoms with Gasteiger partial charge in [0.2, 0.25) is 17.6 Å². The van der Waals surface area contributed by atoms with Crippen LogP contribution in [0.15, 0.2) is 51.6 Å². The molecule has 4 rings (SSSR count). The van der Waals surface area contributed by atoms with Crippen LogP contribution in [-0.2, 0) is 11.2 Å². The monoisotopic (exact) mass is 424 g/mol. The third-order valence-corrected chi connectivity index (χ3v) is 5.24. The average molecular weight is 424 g/mol. The summed E-state index contributed by atoms with van der Waals surface area (Å²) in [5, 5.41) is 4.01. The zero-order valence-corrected chi connectivity index (χ0v) is 17.3. The maximum Gasteiger partial charge on any atom is 0.289 e. The summed E-state index contributed by atoms with van der Waals surface area (Å²) in [5.41, 5.74) is 0.736. The van der Waals surface area contributed by atoms with Crippen LogP contribution >= 0.6 is 0 Å². The predicted molar refractivity (Wildman–Crippen MR) is 110 cm³/mol. The molecule has 2 amide bonds. The van der Waals surface area contributed by atoms with Crippen molar-refractivity contribution >= 4 is 11.8 Å². The third kappa shape index (κ3) is 4.76. The van der Waals surface area contributed by atoms with Crippen molar-refractivity contribution in [1.82, 2.24) is 19.9 Å². The van der Waals surface area contributed by atoms with Crippen molar-refractivity contribution in [2.75, 3.05) is 33.3 Å². The van der Waals surface area contributed by atoms with E-state index in [4.69, 9.17) is 13.7 Å². The molecule has 3 heterocycles. The summed E-state index contributed by atoms with van der Waals surface area (Å²) in [5.74, 6) is 1.67. The number of carbonyl (C=O) groups is 2. The van der Waals surface area contributed by atoms with Gasteiger partial charge in [-0.1, -0.05) is 17.3 Å². The van der Waals surface area contributed by atoms with Crippen molar-refractivity contribution in [3.63, 3.8) is 0 Å². The highest BCUT2D eigenvalue weighted by Crippen LogP contribution is 2.27. The Morgan fingerprint density at radius 1 is 1.06 bits per heavy atom. The summed E-state index contributed by atoms with van der Waals surface area (Å²) < 4.78 is 15.8. The number of furan rings is 1. The molecule has 0 radical (unpaired) electrons. The lowest BCUT2D eigenvalue weighted by atomic mass is 10.2. The summed E-state index contributed by atoms with van der Waals surface area (Å²) in [6, 6.07) is 10.8. The molecule has 1 aliphatic heterocycles. The summed E-state index contributed by atoms with van der Waals surface area (Å²) in [4.78, 5) is 33.1. The summed E-state index contributed by atoms with van der Waals surface area (Å²) in [6.45, 7) is 2.16. The fourth-order valence-corrected chi connectivity index (χ4v) is 3.59. The van der Waals surface area contributed by atoms with Gasteiger partial charge in [0.05, 0.1) is 18.9 Å². The molecule has 2 aromatic heterocycles. The van der Waals surface area contributed by atoms with Gasteiger partial charge in [0.1, 0.15) is 5.75 Å². The van der Waals surface area contributed by atoms with E-state index in [9.17, 15) is 9.59 Å². The molecule has 1 saturated heterocycles. The number of methoxy groups -OCH3 is 1. The zero-order valence-electron chi connectivity index (χ0n) is 17.3. The molecule has 0 aliphatic carbocycles. The van der Waals surface area contributed by atoms with Gasteiger partial charge in [-0.25, -0.2) is 0 Å². The van der Waals surface area contributed by atoms with Crippen molar-refractivity contribution in [2.45, 2.75) is 19.3 Å². The standard InChI is InChI=1S/C22H24N4O5/c1-29-17-7-3-2-6-16(17)21-23-19(31-24-21)9-10-20(27)25-11-5-12-26(14-13-25)22(28)18-8-4-15-30-18/h2-4,6-8,15H,5,9-14H2,1H3. The highest BCUT2D eigenvalue weighted by atomic mass is 16.5. The minimum absolute atomic E-state index is 0.00402. The van der Waals surface area contributed by atoms with Crippen LogP contribution in [-0.4, -0.2) is 65.0 Å². The zero-order chi connectivity index (χ0) is 21.6. The Bertz CT molecular complexity index is 1030. The van der Waals surface area contributed by atoms with Crippen LogP contribution in [0.5, 0.6) is 5.75 Å². The van der Waals surface area contributed by atoms with Crippen molar-refractivity contribution in [3.05, 3.63) is 54.3 Å². The van der Waals surface area contributed by atoms with Gasteiger partial charge in [0.15, 0.2) is 5.76 Å². The van der Waals surface area contributed by atoms with Gasteiger partial charge in [-0.3, -0.25) is 9.59 Å². The largest absolute Gasteiger partial charge is 0.496 e. The number of hydrogen-bond acceptors (Lipinski definition) is 7. The first-order valence-corrected chi connectivity index (χ1v) is 10.2. The fourth-order valence-electron chi connectivity index (χ4n) is 3.59. The molecule has 1 fully saturated rings. The van der Waals surface area contributed by atoms with E-state index in [1.807, 2.05) is 24.3 Å². The van der Waals surface area contributed by atoms with Crippen molar-refractivity contribution in [1.29, 1.82) is 0 Å². The van der Waals surface area contributed by atoms with E-state index in [2.05, 4.69) is 10.1 Å². The lowest BCUT2D eigenvalue weighted by molar-refractivity contribution is -0.131. The number of amides is 2. The molecular weight excluding hydrogens is 400 g/mol. The van der Waals surface area contributed by atoms with Crippen LogP contribution in [0.4, 0.5) is 0 Å². The van der Waals surface area contributed by atoms with Crippen molar-refractivity contribution in [3.8, 4) is 17.1 Å². The van der Waals surface area contributed by atoms with E-state index in [0.29, 0.717) is 55.8 Å². The molecule has 0 bridgehead atoms. The summed E-state index contributed by atoms with van der Waals surface area (Å²) in [7, 11) is 1.59. The molecule has 1 aliphatic rings. The average Bonchev–Trinajstić information content (AvgIpc) is 3.45. The first-order valence-electron chi connectivity index (χ1n) is 10.2. The first-order chi connectivity index (χ1) is 15.2. The number of carbonyl (C=O) groups excluding carboxylic acids is 2. The Kier molecular flexibility index (Phi) is 6.30. The molecule has 0 spiro atoms. The molecule has 9 heteroatoms. The normalized spacial score (nSPS) is 14.4. The Labute approximate surface area is 179 Å². The van der Waals surface area contributed by atoms with E-state index in [1.165, 1.54) is 6.26 Å². The maximum absolute atomic E-state index is 12.7. The molecule has 31 heavy (non-hydrogen) atoms. The first kappa shape index (κ1) is 20.6. The van der Waals surface area contributed by atoms with Crippen molar-refractivity contribution < 1.29 is 23.3 Å². The van der Waals surface area contributed by atoms with Gasteiger partial charge < -0.3 is 23.5 Å². The SMILES string of the molecule is COc1ccccc1-c1noc(CCC(=O)N2CCCN(C(=O)c3ccco3)CC2)n1. The molecule has 0 saturated carbocycles. The number of ether oxygens (including phenoxy) is 1. The molecule has 3 aromatic rings. The molecule has 0 N–H and O–H groups in total. The van der Waals surface area contributed by atoms with Crippen molar-refractivity contribution in [2.24, 2.45) is 0 Å². The quantitative estimate of drug-likeness (QED) is 0.599. The lowest BCUT2D eigenvalue weighted by Crippen LogP contribution is -2.37. The lowest BCUT2D eigenvalue weighted by Gasteiger charge is -2.21.